The van der Waals surface area contributed by atoms with E-state index in [4.69, 9.17) is 0 Å². The van der Waals surface area contributed by atoms with Gasteiger partial charge in [-0.2, -0.15) is 4.31 Å². The maximum Gasteiger partial charge on any atom is 0.243 e. The molecule has 4 rings (SSSR count). The van der Waals surface area contributed by atoms with Gasteiger partial charge < -0.3 is 5.32 Å². The summed E-state index contributed by atoms with van der Waals surface area (Å²) in [6.07, 6.45) is 2.72. The second-order valence-corrected chi connectivity index (χ2v) is 10.4. The van der Waals surface area contributed by atoms with E-state index in [0.29, 0.717) is 29.8 Å². The third-order valence-corrected chi connectivity index (χ3v) is 8.00. The molecule has 2 N–H and O–H groups in total. The number of nitrogens with one attached hydrogen (secondary N) is 2. The van der Waals surface area contributed by atoms with Crippen molar-refractivity contribution in [2.45, 2.75) is 36.2 Å². The normalized spacial score (nSPS) is 14.5. The maximum absolute atomic E-state index is 12.7. The first-order valence-electron chi connectivity index (χ1n) is 10.5. The lowest BCUT2D eigenvalue weighted by Crippen LogP contribution is -2.28. The Balaban J connectivity index is 1.35. The number of thioether (sulfide) groups is 1. The zero-order chi connectivity index (χ0) is 22.6. The molecular formula is C22H25N5O3S2. The molecule has 32 heavy (non-hydrogen) atoms. The summed E-state index contributed by atoms with van der Waals surface area (Å²) in [5.74, 6) is 0.495. The van der Waals surface area contributed by atoms with E-state index in [2.05, 4.69) is 39.6 Å². The fourth-order valence-electron chi connectivity index (χ4n) is 3.48. The molecule has 0 atom stereocenters. The van der Waals surface area contributed by atoms with E-state index in [1.54, 1.807) is 18.2 Å². The third-order valence-electron chi connectivity index (χ3n) is 5.25. The zero-order valence-corrected chi connectivity index (χ0v) is 19.4. The van der Waals surface area contributed by atoms with E-state index >= 15 is 0 Å². The number of sulfonamides is 1. The van der Waals surface area contributed by atoms with Crippen molar-refractivity contribution in [1.29, 1.82) is 0 Å². The smallest absolute Gasteiger partial charge is 0.243 e. The monoisotopic (exact) mass is 471 g/mol. The molecule has 1 aliphatic heterocycles. The number of H-pyrrole nitrogens is 1. The Morgan fingerprint density at radius 1 is 1.16 bits per heavy atom. The summed E-state index contributed by atoms with van der Waals surface area (Å²) in [5, 5.41) is 10.3. The number of nitrogens with zero attached hydrogens (tertiary/aromatic N) is 3. The minimum Gasteiger partial charge on any atom is -0.325 e. The van der Waals surface area contributed by atoms with Crippen LogP contribution >= 0.6 is 11.8 Å². The minimum absolute atomic E-state index is 0.106. The number of aromatic amines is 1. The third kappa shape index (κ3) is 5.20. The molecule has 2 heterocycles. The first kappa shape index (κ1) is 22.5. The van der Waals surface area contributed by atoms with E-state index in [1.807, 2.05) is 12.1 Å². The summed E-state index contributed by atoms with van der Waals surface area (Å²) in [4.78, 5) is 17.0. The molecule has 168 valence electrons. The molecule has 1 fully saturated rings. The molecule has 2 aromatic carbocycles. The van der Waals surface area contributed by atoms with Gasteiger partial charge >= 0.3 is 0 Å². The highest BCUT2D eigenvalue weighted by Gasteiger charge is 2.27. The molecule has 0 bridgehead atoms. The van der Waals surface area contributed by atoms with E-state index in [9.17, 15) is 13.2 Å². The Kier molecular flexibility index (Phi) is 6.92. The van der Waals surface area contributed by atoms with Gasteiger partial charge in [0.05, 0.1) is 10.6 Å². The molecule has 0 unspecified atom stereocenters. The van der Waals surface area contributed by atoms with Gasteiger partial charge in [-0.15, -0.1) is 5.10 Å². The topological polar surface area (TPSA) is 108 Å². The van der Waals surface area contributed by atoms with Crippen molar-refractivity contribution < 1.29 is 13.2 Å². The van der Waals surface area contributed by atoms with Crippen molar-refractivity contribution in [3.8, 4) is 11.4 Å². The SMILES string of the molecule is CCc1ccc(-c2nc(SCC(=O)Nc3cccc(S(=O)(=O)N4CCCC4)c3)n[nH]2)cc1. The van der Waals surface area contributed by atoms with Crippen molar-refractivity contribution in [2.24, 2.45) is 0 Å². The first-order valence-corrected chi connectivity index (χ1v) is 12.9. The molecule has 1 aromatic heterocycles. The molecule has 0 aliphatic carbocycles. The van der Waals surface area contributed by atoms with Gasteiger partial charge in [0.15, 0.2) is 5.82 Å². The van der Waals surface area contributed by atoms with Crippen LogP contribution in [0.15, 0.2) is 58.6 Å². The highest BCUT2D eigenvalue weighted by molar-refractivity contribution is 7.99. The van der Waals surface area contributed by atoms with E-state index in [-0.39, 0.29) is 16.6 Å². The van der Waals surface area contributed by atoms with Gasteiger partial charge in [0.25, 0.3) is 0 Å². The maximum atomic E-state index is 12.7. The summed E-state index contributed by atoms with van der Waals surface area (Å²) >= 11 is 1.21. The fraction of sp³-hybridized carbons (Fsp3) is 0.318. The van der Waals surface area contributed by atoms with Gasteiger partial charge in [-0.3, -0.25) is 9.89 Å². The summed E-state index contributed by atoms with van der Waals surface area (Å²) in [7, 11) is -3.53. The number of amides is 1. The summed E-state index contributed by atoms with van der Waals surface area (Å²) < 4.78 is 26.9. The van der Waals surface area contributed by atoms with Crippen molar-refractivity contribution in [3.63, 3.8) is 0 Å². The van der Waals surface area contributed by atoms with Crippen LogP contribution in [0.2, 0.25) is 0 Å². The molecule has 1 amide bonds. The largest absolute Gasteiger partial charge is 0.325 e. The average Bonchev–Trinajstić information content (AvgIpc) is 3.51. The van der Waals surface area contributed by atoms with Crippen molar-refractivity contribution >= 4 is 33.4 Å². The molecule has 1 aliphatic rings. The van der Waals surface area contributed by atoms with Crippen LogP contribution in [-0.4, -0.2) is 52.7 Å². The Hall–Kier alpha value is -2.69. The molecule has 0 radical (unpaired) electrons. The number of carbonyl (C=O) groups excluding carboxylic acids is 1. The fourth-order valence-corrected chi connectivity index (χ4v) is 5.64. The van der Waals surface area contributed by atoms with Crippen LogP contribution in [0, 0.1) is 0 Å². The lowest BCUT2D eigenvalue weighted by molar-refractivity contribution is -0.113. The Morgan fingerprint density at radius 3 is 2.62 bits per heavy atom. The van der Waals surface area contributed by atoms with Crippen molar-refractivity contribution in [3.05, 3.63) is 54.1 Å². The average molecular weight is 472 g/mol. The lowest BCUT2D eigenvalue weighted by atomic mass is 10.1. The Labute approximate surface area is 191 Å². The molecular weight excluding hydrogens is 446 g/mol. The molecule has 1 saturated heterocycles. The van der Waals surface area contributed by atoms with Gasteiger partial charge in [0, 0.05) is 24.3 Å². The van der Waals surface area contributed by atoms with Crippen molar-refractivity contribution in [2.75, 3.05) is 24.2 Å². The highest BCUT2D eigenvalue weighted by atomic mass is 32.2. The van der Waals surface area contributed by atoms with Gasteiger partial charge in [0.2, 0.25) is 21.1 Å². The van der Waals surface area contributed by atoms with Gasteiger partial charge in [-0.25, -0.2) is 13.4 Å². The molecule has 0 spiro atoms. The number of anilines is 1. The number of hydrogen-bond acceptors (Lipinski definition) is 6. The van der Waals surface area contributed by atoms with Gasteiger partial charge in [-0.1, -0.05) is 49.0 Å². The van der Waals surface area contributed by atoms with Crippen LogP contribution in [-0.2, 0) is 21.2 Å². The van der Waals surface area contributed by atoms with E-state index < -0.39 is 10.0 Å². The summed E-state index contributed by atoms with van der Waals surface area (Å²) in [5.41, 5.74) is 2.63. The van der Waals surface area contributed by atoms with Crippen LogP contribution in [0.4, 0.5) is 5.69 Å². The quantitative estimate of drug-likeness (QED) is 0.487. The molecule has 3 aromatic rings. The summed E-state index contributed by atoms with van der Waals surface area (Å²) in [6, 6.07) is 14.5. The van der Waals surface area contributed by atoms with Crippen LogP contribution in [0.3, 0.4) is 0 Å². The number of rotatable bonds is 8. The molecule has 8 nitrogen and oxygen atoms in total. The second-order valence-electron chi connectivity index (χ2n) is 7.49. The lowest BCUT2D eigenvalue weighted by Gasteiger charge is -2.16. The van der Waals surface area contributed by atoms with E-state index in [0.717, 1.165) is 24.8 Å². The number of carbonyl (C=O) groups is 1. The standard InChI is InChI=1S/C22H25N5O3S2/c1-2-16-8-10-17(11-9-16)21-24-22(26-25-21)31-15-20(28)23-18-6-5-7-19(14-18)32(29,30)27-12-3-4-13-27/h5-11,14H,2-4,12-13,15H2,1H3,(H,23,28)(H,24,25,26). The predicted molar refractivity (Wildman–Crippen MR) is 125 cm³/mol. The van der Waals surface area contributed by atoms with Crippen LogP contribution in [0.5, 0.6) is 0 Å². The van der Waals surface area contributed by atoms with Crippen LogP contribution in [0.25, 0.3) is 11.4 Å². The molecule has 0 saturated carbocycles. The highest BCUT2D eigenvalue weighted by Crippen LogP contribution is 2.24. The van der Waals surface area contributed by atoms with Crippen LogP contribution < -0.4 is 5.32 Å². The minimum atomic E-state index is -3.53. The Bertz CT molecular complexity index is 1190. The first-order chi connectivity index (χ1) is 15.5. The zero-order valence-electron chi connectivity index (χ0n) is 17.7. The summed E-state index contributed by atoms with van der Waals surface area (Å²) in [6.45, 7) is 3.18. The van der Waals surface area contributed by atoms with E-state index in [1.165, 1.54) is 27.7 Å². The molecule has 10 heteroatoms. The van der Waals surface area contributed by atoms with Gasteiger partial charge in [0.1, 0.15) is 0 Å². The second kappa shape index (κ2) is 9.85. The predicted octanol–water partition coefficient (Wildman–Crippen LogP) is 3.55. The number of aryl methyl sites for hydroxylation is 1. The Morgan fingerprint density at radius 2 is 1.91 bits per heavy atom. The number of aromatic nitrogens is 3. The number of hydrogen-bond donors (Lipinski definition) is 2. The van der Waals surface area contributed by atoms with Crippen LogP contribution in [0.1, 0.15) is 25.3 Å². The van der Waals surface area contributed by atoms with Gasteiger partial charge in [-0.05, 0) is 43.0 Å². The number of benzene rings is 2. The van der Waals surface area contributed by atoms with Crippen molar-refractivity contribution in [1.82, 2.24) is 19.5 Å².